The number of fused-ring (bicyclic) bond motifs is 1. The van der Waals surface area contributed by atoms with Crippen molar-refractivity contribution in [3.05, 3.63) is 18.0 Å². The van der Waals surface area contributed by atoms with Crippen LogP contribution in [0.2, 0.25) is 0 Å². The molecule has 11 heteroatoms. The predicted octanol–water partition coefficient (Wildman–Crippen LogP) is 2.48. The van der Waals surface area contributed by atoms with Gasteiger partial charge in [0.25, 0.3) is 0 Å². The van der Waals surface area contributed by atoms with E-state index in [2.05, 4.69) is 20.2 Å². The molecular formula is C24H34N8O3. The largest absolute Gasteiger partial charge is 0.444 e. The number of morpholine rings is 1. The molecule has 0 aromatic carbocycles. The second-order valence-corrected chi connectivity index (χ2v) is 10.5. The lowest BCUT2D eigenvalue weighted by Gasteiger charge is -2.32. The van der Waals surface area contributed by atoms with Gasteiger partial charge in [-0.05, 0) is 46.5 Å². The van der Waals surface area contributed by atoms with Gasteiger partial charge in [-0.1, -0.05) is 0 Å². The Hall–Kier alpha value is -3.21. The van der Waals surface area contributed by atoms with Crippen LogP contribution >= 0.6 is 0 Å². The van der Waals surface area contributed by atoms with Crippen LogP contribution in [0.4, 0.5) is 22.5 Å². The standard InChI is InChI=1S/C24H34N8O3/c1-23(2,3)35-22(33)32-8-7-24(15-32)6-4-5-17-18(16-13-26-20(25)27-14-16)28-21(29-19(17)30-24)31-9-11-34-12-10-31/h13-14H,4-12,15H2,1-3H3,(H2,25,26,27)(H,28,29,30). The molecule has 1 amide bonds. The van der Waals surface area contributed by atoms with Gasteiger partial charge in [0.05, 0.1) is 24.4 Å². The number of nitrogens with one attached hydrogen (secondary N) is 1. The number of rotatable bonds is 2. The van der Waals surface area contributed by atoms with Gasteiger partial charge in [-0.25, -0.2) is 19.7 Å². The number of hydrogen-bond donors (Lipinski definition) is 2. The number of ether oxygens (including phenoxy) is 2. The van der Waals surface area contributed by atoms with Gasteiger partial charge in [0.15, 0.2) is 0 Å². The van der Waals surface area contributed by atoms with Gasteiger partial charge in [-0.15, -0.1) is 0 Å². The quantitative estimate of drug-likeness (QED) is 0.658. The Morgan fingerprint density at radius 1 is 1.14 bits per heavy atom. The van der Waals surface area contributed by atoms with Crippen molar-refractivity contribution in [2.45, 2.75) is 57.6 Å². The Labute approximate surface area is 205 Å². The first-order valence-electron chi connectivity index (χ1n) is 12.3. The summed E-state index contributed by atoms with van der Waals surface area (Å²) in [6, 6.07) is 0. The number of anilines is 3. The van der Waals surface area contributed by atoms with Crippen molar-refractivity contribution in [2.24, 2.45) is 0 Å². The average Bonchev–Trinajstić information content (AvgIpc) is 3.14. The highest BCUT2D eigenvalue weighted by Gasteiger charge is 2.43. The number of aromatic nitrogens is 4. The Morgan fingerprint density at radius 3 is 2.60 bits per heavy atom. The maximum Gasteiger partial charge on any atom is 0.410 e. The van der Waals surface area contributed by atoms with Crippen molar-refractivity contribution in [1.29, 1.82) is 0 Å². The zero-order chi connectivity index (χ0) is 24.6. The molecule has 0 aliphatic carbocycles. The number of nitrogen functional groups attached to an aromatic ring is 1. The third kappa shape index (κ3) is 5.09. The molecule has 0 bridgehead atoms. The van der Waals surface area contributed by atoms with Crippen molar-refractivity contribution in [3.63, 3.8) is 0 Å². The van der Waals surface area contributed by atoms with E-state index in [9.17, 15) is 4.79 Å². The van der Waals surface area contributed by atoms with Crippen LogP contribution in [0.1, 0.15) is 45.6 Å². The third-order valence-electron chi connectivity index (χ3n) is 6.71. The van der Waals surface area contributed by atoms with E-state index in [0.29, 0.717) is 32.3 Å². The fourth-order valence-electron chi connectivity index (χ4n) is 4.99. The molecule has 188 valence electrons. The zero-order valence-electron chi connectivity index (χ0n) is 20.7. The fraction of sp³-hybridized carbons (Fsp3) is 0.625. The smallest absolute Gasteiger partial charge is 0.410 e. The normalized spacial score (nSPS) is 22.5. The minimum absolute atomic E-state index is 0.229. The lowest BCUT2D eigenvalue weighted by molar-refractivity contribution is 0.0285. The van der Waals surface area contributed by atoms with Gasteiger partial charge in [-0.2, -0.15) is 4.98 Å². The van der Waals surface area contributed by atoms with Crippen LogP contribution in [-0.4, -0.2) is 81.5 Å². The van der Waals surface area contributed by atoms with Crippen molar-refractivity contribution >= 4 is 23.8 Å². The summed E-state index contributed by atoms with van der Waals surface area (Å²) in [5.74, 6) is 1.70. The summed E-state index contributed by atoms with van der Waals surface area (Å²) in [4.78, 5) is 35.1. The second kappa shape index (κ2) is 9.10. The van der Waals surface area contributed by atoms with Crippen LogP contribution in [0.5, 0.6) is 0 Å². The summed E-state index contributed by atoms with van der Waals surface area (Å²) in [5.41, 5.74) is 7.64. The topological polar surface area (TPSA) is 132 Å². The number of carbonyl (C=O) groups is 1. The number of likely N-dealkylation sites (tertiary alicyclic amines) is 1. The fourth-order valence-corrected chi connectivity index (χ4v) is 4.99. The number of amides is 1. The molecule has 3 aliphatic heterocycles. The van der Waals surface area contributed by atoms with Gasteiger partial charge in [0, 0.05) is 49.7 Å². The molecule has 3 N–H and O–H groups in total. The van der Waals surface area contributed by atoms with Crippen LogP contribution in [0.25, 0.3) is 11.3 Å². The SMILES string of the molecule is CC(C)(C)OC(=O)N1CCC2(CCCc3c(nc(N4CCOCC4)nc3-c3cnc(N)nc3)N2)C1. The van der Waals surface area contributed by atoms with Crippen molar-refractivity contribution in [3.8, 4) is 11.3 Å². The molecule has 11 nitrogen and oxygen atoms in total. The number of nitrogens with two attached hydrogens (primary N) is 1. The molecule has 2 aromatic heterocycles. The second-order valence-electron chi connectivity index (χ2n) is 10.5. The highest BCUT2D eigenvalue weighted by molar-refractivity contribution is 5.72. The van der Waals surface area contributed by atoms with Crippen LogP contribution in [0.3, 0.4) is 0 Å². The van der Waals surface area contributed by atoms with Crippen molar-refractivity contribution < 1.29 is 14.3 Å². The molecule has 35 heavy (non-hydrogen) atoms. The molecule has 5 rings (SSSR count). The average molecular weight is 483 g/mol. The molecule has 0 saturated carbocycles. The minimum Gasteiger partial charge on any atom is -0.444 e. The lowest BCUT2D eigenvalue weighted by Crippen LogP contribution is -2.43. The van der Waals surface area contributed by atoms with E-state index < -0.39 is 5.60 Å². The summed E-state index contributed by atoms with van der Waals surface area (Å²) in [5, 5.41) is 3.76. The van der Waals surface area contributed by atoms with Gasteiger partial charge in [-0.3, -0.25) is 0 Å². The highest BCUT2D eigenvalue weighted by atomic mass is 16.6. The maximum absolute atomic E-state index is 12.8. The minimum atomic E-state index is -0.521. The Morgan fingerprint density at radius 2 is 1.89 bits per heavy atom. The molecule has 2 fully saturated rings. The first kappa shape index (κ1) is 23.5. The summed E-state index contributed by atoms with van der Waals surface area (Å²) >= 11 is 0. The van der Waals surface area contributed by atoms with Crippen LogP contribution < -0.4 is 16.0 Å². The zero-order valence-corrected chi connectivity index (χ0v) is 20.7. The molecule has 3 aliphatic rings. The number of nitrogens with zero attached hydrogens (tertiary/aromatic N) is 6. The Balaban J connectivity index is 1.49. The molecule has 1 atom stereocenters. The van der Waals surface area contributed by atoms with E-state index in [1.807, 2.05) is 25.7 Å². The monoisotopic (exact) mass is 482 g/mol. The van der Waals surface area contributed by atoms with E-state index in [0.717, 1.165) is 61.4 Å². The predicted molar refractivity (Wildman–Crippen MR) is 132 cm³/mol. The Bertz CT molecular complexity index is 1080. The molecular weight excluding hydrogens is 448 g/mol. The van der Waals surface area contributed by atoms with Crippen LogP contribution in [-0.2, 0) is 15.9 Å². The first-order chi connectivity index (χ1) is 16.7. The molecule has 1 unspecified atom stereocenters. The third-order valence-corrected chi connectivity index (χ3v) is 6.71. The van der Waals surface area contributed by atoms with Crippen LogP contribution in [0, 0.1) is 0 Å². The summed E-state index contributed by atoms with van der Waals surface area (Å²) < 4.78 is 11.2. The molecule has 1 spiro atoms. The summed E-state index contributed by atoms with van der Waals surface area (Å²) in [6.45, 7) is 9.65. The van der Waals surface area contributed by atoms with E-state index in [1.54, 1.807) is 12.4 Å². The van der Waals surface area contributed by atoms with Gasteiger partial charge < -0.3 is 30.3 Å². The Kier molecular flexibility index (Phi) is 6.12. The van der Waals surface area contributed by atoms with Gasteiger partial charge in [0.2, 0.25) is 11.9 Å². The van der Waals surface area contributed by atoms with E-state index in [1.165, 1.54) is 0 Å². The van der Waals surface area contributed by atoms with Gasteiger partial charge >= 0.3 is 6.09 Å². The molecule has 2 aromatic rings. The summed E-state index contributed by atoms with van der Waals surface area (Å²) in [7, 11) is 0. The van der Waals surface area contributed by atoms with E-state index in [-0.39, 0.29) is 17.6 Å². The van der Waals surface area contributed by atoms with Crippen LogP contribution in [0.15, 0.2) is 12.4 Å². The maximum atomic E-state index is 12.8. The number of hydrogen-bond acceptors (Lipinski definition) is 10. The first-order valence-corrected chi connectivity index (χ1v) is 12.3. The lowest BCUT2D eigenvalue weighted by atomic mass is 9.92. The number of carbonyl (C=O) groups excluding carboxylic acids is 1. The molecule has 5 heterocycles. The van der Waals surface area contributed by atoms with Gasteiger partial charge in [0.1, 0.15) is 11.4 Å². The van der Waals surface area contributed by atoms with Crippen molar-refractivity contribution in [1.82, 2.24) is 24.8 Å². The summed E-state index contributed by atoms with van der Waals surface area (Å²) in [6.07, 6.45) is 6.70. The van der Waals surface area contributed by atoms with E-state index in [4.69, 9.17) is 25.2 Å². The molecule has 0 radical (unpaired) electrons. The highest BCUT2D eigenvalue weighted by Crippen LogP contribution is 2.39. The molecule has 2 saturated heterocycles. The van der Waals surface area contributed by atoms with Crippen molar-refractivity contribution in [2.75, 3.05) is 55.3 Å². The van der Waals surface area contributed by atoms with E-state index >= 15 is 0 Å².